The van der Waals surface area contributed by atoms with Crippen LogP contribution in [0.25, 0.3) is 0 Å². The van der Waals surface area contributed by atoms with Crippen molar-refractivity contribution in [2.24, 2.45) is 11.3 Å². The molecule has 0 unspecified atom stereocenters. The molecule has 4 aromatic carbocycles. The van der Waals surface area contributed by atoms with E-state index in [-0.39, 0.29) is 22.2 Å². The van der Waals surface area contributed by atoms with Crippen molar-refractivity contribution in [3.63, 3.8) is 0 Å². The fraction of sp³-hybridized carbons (Fsp3) is 0.567. The van der Waals surface area contributed by atoms with E-state index in [9.17, 15) is 9.90 Å². The smallest absolute Gasteiger partial charge is 0.261 e. The molecule has 1 aliphatic heterocycles. The van der Waals surface area contributed by atoms with Gasteiger partial charge in [0, 0.05) is 25.4 Å². The van der Waals surface area contributed by atoms with E-state index in [0.29, 0.717) is 26.4 Å². The van der Waals surface area contributed by atoms with E-state index in [2.05, 4.69) is 170 Å². The van der Waals surface area contributed by atoms with Crippen LogP contribution in [0.5, 0.6) is 0 Å². The molecule has 4 aromatic rings. The van der Waals surface area contributed by atoms with Gasteiger partial charge in [-0.2, -0.15) is 0 Å². The van der Waals surface area contributed by atoms with Crippen LogP contribution < -0.4 is 20.7 Å². The molecule has 6 nitrogen and oxygen atoms in total. The lowest BCUT2D eigenvalue weighted by Crippen LogP contribution is -2.66. The molecule has 0 spiro atoms. The zero-order valence-electron chi connectivity index (χ0n) is 43.7. The van der Waals surface area contributed by atoms with Crippen molar-refractivity contribution >= 4 is 37.4 Å². The Morgan fingerprint density at radius 2 is 1.06 bits per heavy atom. The number of benzene rings is 4. The molecule has 2 atom stereocenters. The van der Waals surface area contributed by atoms with Gasteiger partial charge in [-0.25, -0.2) is 0 Å². The van der Waals surface area contributed by atoms with Crippen LogP contribution in [0.4, 0.5) is 0 Å². The summed E-state index contributed by atoms with van der Waals surface area (Å²) in [4.78, 5) is 13.3. The Labute approximate surface area is 415 Å². The van der Waals surface area contributed by atoms with Crippen LogP contribution in [0.3, 0.4) is 0 Å². The summed E-state index contributed by atoms with van der Waals surface area (Å²) in [6.45, 7) is 22.0. The van der Waals surface area contributed by atoms with Crippen molar-refractivity contribution in [1.82, 2.24) is 0 Å². The molecule has 68 heavy (non-hydrogen) atoms. The van der Waals surface area contributed by atoms with Crippen LogP contribution in [0, 0.1) is 11.3 Å². The number of rotatable bonds is 30. The van der Waals surface area contributed by atoms with Gasteiger partial charge in [0.2, 0.25) is 0 Å². The Balaban J connectivity index is 1.41. The first-order valence-electron chi connectivity index (χ1n) is 26.3. The van der Waals surface area contributed by atoms with Crippen LogP contribution in [0.1, 0.15) is 159 Å². The molecule has 0 amide bonds. The molecular weight excluding hydrogens is 873 g/mol. The summed E-state index contributed by atoms with van der Waals surface area (Å²) in [5.74, 6) is -1.69. The minimum atomic E-state index is -3.29. The minimum absolute atomic E-state index is 0.0236. The van der Waals surface area contributed by atoms with Crippen LogP contribution in [-0.2, 0) is 18.6 Å². The normalized spacial score (nSPS) is 16.3. The van der Waals surface area contributed by atoms with Gasteiger partial charge in [-0.05, 0) is 95.0 Å². The summed E-state index contributed by atoms with van der Waals surface area (Å²) >= 11 is 0. The van der Waals surface area contributed by atoms with E-state index in [4.69, 9.17) is 18.6 Å². The molecule has 0 saturated carbocycles. The lowest BCUT2D eigenvalue weighted by atomic mass is 9.70. The zero-order valence-corrected chi connectivity index (χ0v) is 45.7. The van der Waals surface area contributed by atoms with Crippen molar-refractivity contribution < 1.29 is 28.5 Å². The summed E-state index contributed by atoms with van der Waals surface area (Å²) in [7, 11) is -6.11. The van der Waals surface area contributed by atoms with E-state index in [1.807, 2.05) is 12.1 Å². The van der Waals surface area contributed by atoms with Crippen molar-refractivity contribution in [2.45, 2.75) is 180 Å². The average molecular weight is 964 g/mol. The molecule has 1 fully saturated rings. The van der Waals surface area contributed by atoms with Gasteiger partial charge < -0.3 is 28.5 Å². The highest BCUT2D eigenvalue weighted by Gasteiger charge is 2.52. The summed E-state index contributed by atoms with van der Waals surface area (Å²) < 4.78 is 26.4. The monoisotopic (exact) mass is 963 g/mol. The Morgan fingerprint density at radius 3 is 1.51 bits per heavy atom. The lowest BCUT2D eigenvalue weighted by Gasteiger charge is -2.46. The second kappa shape index (κ2) is 25.8. The SMILES string of the molecule is CCCCCCCC1(CCCCCC/C=C/[C@H](COC(C)(C)O)[C@@](C)(CCO[Si](c2ccccc2)(c2ccccc2)C(C)(C)C)CCC(C)(C)[Si](O)(c2ccccc2)c2ccccc2)OCCO1. The number of hydrogen-bond donors (Lipinski definition) is 2. The van der Waals surface area contributed by atoms with Gasteiger partial charge in [-0.1, -0.05) is 220 Å². The molecule has 0 aliphatic carbocycles. The highest BCUT2D eigenvalue weighted by atomic mass is 28.4. The summed E-state index contributed by atoms with van der Waals surface area (Å²) in [5.41, 5.74) is -0.320. The highest BCUT2D eigenvalue weighted by molar-refractivity contribution is 6.99. The summed E-state index contributed by atoms with van der Waals surface area (Å²) in [6.07, 6.45) is 20.9. The Morgan fingerprint density at radius 1 is 0.603 bits per heavy atom. The largest absolute Gasteiger partial charge is 0.424 e. The third-order valence-electron chi connectivity index (χ3n) is 15.1. The number of hydrogen-bond acceptors (Lipinski definition) is 6. The molecule has 2 N–H and O–H groups in total. The van der Waals surface area contributed by atoms with E-state index in [0.717, 1.165) is 74.6 Å². The van der Waals surface area contributed by atoms with Crippen molar-refractivity contribution in [3.8, 4) is 0 Å². The van der Waals surface area contributed by atoms with Gasteiger partial charge in [0.25, 0.3) is 16.6 Å². The molecule has 0 radical (unpaired) electrons. The molecule has 1 aliphatic rings. The van der Waals surface area contributed by atoms with Gasteiger partial charge in [-0.3, -0.25) is 0 Å². The Kier molecular flexibility index (Phi) is 21.1. The van der Waals surface area contributed by atoms with Crippen LogP contribution >= 0.6 is 0 Å². The van der Waals surface area contributed by atoms with Crippen LogP contribution in [0.15, 0.2) is 133 Å². The quantitative estimate of drug-likeness (QED) is 0.0235. The van der Waals surface area contributed by atoms with E-state index in [1.54, 1.807) is 13.8 Å². The van der Waals surface area contributed by atoms with Gasteiger partial charge in [0.1, 0.15) is 0 Å². The van der Waals surface area contributed by atoms with Crippen LogP contribution in [0.2, 0.25) is 10.1 Å². The Hall–Kier alpha value is -3.19. The van der Waals surface area contributed by atoms with Gasteiger partial charge >= 0.3 is 0 Å². The number of unbranched alkanes of at least 4 members (excludes halogenated alkanes) is 8. The molecule has 8 heteroatoms. The topological polar surface area (TPSA) is 77.4 Å². The predicted molar refractivity (Wildman–Crippen MR) is 290 cm³/mol. The highest BCUT2D eigenvalue weighted by Crippen LogP contribution is 2.48. The van der Waals surface area contributed by atoms with Gasteiger partial charge in [-0.15, -0.1) is 0 Å². The fourth-order valence-corrected chi connectivity index (χ4v) is 19.0. The average Bonchev–Trinajstić information content (AvgIpc) is 3.80. The molecule has 1 saturated heterocycles. The summed E-state index contributed by atoms with van der Waals surface area (Å²) in [5, 5.41) is 15.0. The van der Waals surface area contributed by atoms with E-state index in [1.165, 1.54) is 42.5 Å². The second-order valence-corrected chi connectivity index (χ2v) is 30.5. The van der Waals surface area contributed by atoms with Gasteiger partial charge in [0.05, 0.1) is 19.8 Å². The first-order valence-corrected chi connectivity index (χ1v) is 30.2. The molecule has 0 bridgehead atoms. The standard InChI is InChI=1S/C60H90O6Si2/c1-10-11-12-16-31-42-60(63-48-49-64-60)43-32-17-14-13-15-22-33-51(50-65-58(7,8)61)59(9,45-44-57(5,6)67(62,52-34-23-18-24-35-52)53-36-25-19-26-37-53)46-47-66-68(56(2,3)4,54-38-27-20-28-39-54)55-40-29-21-30-41-55/h18-30,33-41,51,61-62H,10-17,31-32,42-50H2,1-9H3/b33-22+/t51-,59-/m1/s1. The van der Waals surface area contributed by atoms with E-state index >= 15 is 0 Å². The molecule has 5 rings (SSSR count). The third kappa shape index (κ3) is 14.9. The van der Waals surface area contributed by atoms with Crippen molar-refractivity contribution in [1.29, 1.82) is 0 Å². The minimum Gasteiger partial charge on any atom is -0.424 e. The molecule has 374 valence electrons. The maximum atomic E-state index is 13.3. The molecule has 1 heterocycles. The molecular formula is C60H90O6Si2. The second-order valence-electron chi connectivity index (χ2n) is 22.3. The van der Waals surface area contributed by atoms with Crippen LogP contribution in [-0.4, -0.2) is 64.5 Å². The number of ether oxygens (including phenoxy) is 3. The zero-order chi connectivity index (χ0) is 49.2. The predicted octanol–water partition coefficient (Wildman–Crippen LogP) is 12.6. The van der Waals surface area contributed by atoms with Crippen molar-refractivity contribution in [3.05, 3.63) is 133 Å². The summed E-state index contributed by atoms with van der Waals surface area (Å²) in [6, 6.07) is 42.6. The molecule has 0 aromatic heterocycles. The van der Waals surface area contributed by atoms with Gasteiger partial charge in [0.15, 0.2) is 11.6 Å². The first-order chi connectivity index (χ1) is 32.4. The third-order valence-corrected chi connectivity index (χ3v) is 24.7. The van der Waals surface area contributed by atoms with E-state index < -0.39 is 27.5 Å². The number of allylic oxidation sites excluding steroid dienone is 1. The Bertz CT molecular complexity index is 1940. The first kappa shape index (κ1) is 55.7. The van der Waals surface area contributed by atoms with Crippen molar-refractivity contribution in [2.75, 3.05) is 26.4 Å². The maximum absolute atomic E-state index is 13.3. The maximum Gasteiger partial charge on any atom is 0.261 e. The number of aliphatic hydroxyl groups is 1. The fourth-order valence-electron chi connectivity index (χ4n) is 10.7. The lowest BCUT2D eigenvalue weighted by molar-refractivity contribution is -0.187.